The van der Waals surface area contributed by atoms with E-state index in [1.807, 2.05) is 75.8 Å². The molecule has 0 bridgehead atoms. The molecular weight excluding hydrogens is 431 g/mol. The van der Waals surface area contributed by atoms with Crippen LogP contribution in [0.4, 0.5) is 5.82 Å². The second kappa shape index (κ2) is 7.25. The van der Waals surface area contributed by atoms with Crippen molar-refractivity contribution in [2.75, 3.05) is 19.0 Å². The summed E-state index contributed by atoms with van der Waals surface area (Å²) in [7, 11) is 5.89. The van der Waals surface area contributed by atoms with Gasteiger partial charge >= 0.3 is 0 Å². The van der Waals surface area contributed by atoms with Crippen LogP contribution in [0, 0.1) is 6.92 Å². The molecule has 0 amide bonds. The molecular formula is C23H20Cl2N6. The van der Waals surface area contributed by atoms with E-state index < -0.39 is 0 Å². The number of anilines is 1. The first-order valence-corrected chi connectivity index (χ1v) is 10.5. The number of imidazole rings is 1. The summed E-state index contributed by atoms with van der Waals surface area (Å²) in [5.74, 6) is 0.877. The highest BCUT2D eigenvalue weighted by atomic mass is 35.5. The molecule has 4 heterocycles. The van der Waals surface area contributed by atoms with Crippen LogP contribution in [-0.2, 0) is 7.05 Å². The Hall–Kier alpha value is -3.09. The van der Waals surface area contributed by atoms with E-state index in [1.54, 1.807) is 4.68 Å². The SMILES string of the molecule is Cc1c(-c2c(Cl)cccc2Cl)nc2c3cc(-c4cnn(C)c4)c(N(C)C)nc3ccn12. The number of fused-ring (bicyclic) bond motifs is 3. The minimum atomic E-state index is 0.576. The zero-order chi connectivity index (χ0) is 21.9. The summed E-state index contributed by atoms with van der Waals surface area (Å²) in [5.41, 5.74) is 6.14. The number of aryl methyl sites for hydroxylation is 2. The van der Waals surface area contributed by atoms with E-state index in [0.717, 1.165) is 50.4 Å². The standard InChI is InChI=1S/C23H20Cl2N6/c1-13-21(20-17(24)6-5-7-18(20)25)28-23-16-10-15(14-11-26-30(4)12-14)22(29(2)3)27-19(16)8-9-31(13)23/h5-12H,1-4H3. The number of hydrogen-bond donors (Lipinski definition) is 0. The molecule has 156 valence electrons. The highest BCUT2D eigenvalue weighted by molar-refractivity contribution is 6.39. The van der Waals surface area contributed by atoms with Crippen LogP contribution in [0.3, 0.4) is 0 Å². The summed E-state index contributed by atoms with van der Waals surface area (Å²) in [6.45, 7) is 2.02. The van der Waals surface area contributed by atoms with Gasteiger partial charge in [-0.2, -0.15) is 5.10 Å². The number of rotatable bonds is 3. The van der Waals surface area contributed by atoms with Crippen LogP contribution in [0.5, 0.6) is 0 Å². The molecule has 5 rings (SSSR count). The quantitative estimate of drug-likeness (QED) is 0.357. The fraction of sp³-hybridized carbons (Fsp3) is 0.174. The van der Waals surface area contributed by atoms with Crippen LogP contribution in [0.2, 0.25) is 10.0 Å². The highest BCUT2D eigenvalue weighted by Gasteiger charge is 2.20. The number of pyridine rings is 2. The lowest BCUT2D eigenvalue weighted by Crippen LogP contribution is -2.12. The van der Waals surface area contributed by atoms with Gasteiger partial charge in [-0.1, -0.05) is 29.3 Å². The number of halogens is 2. The van der Waals surface area contributed by atoms with Gasteiger partial charge in [-0.3, -0.25) is 4.68 Å². The van der Waals surface area contributed by atoms with Crippen LogP contribution >= 0.6 is 23.2 Å². The first kappa shape index (κ1) is 19.8. The summed E-state index contributed by atoms with van der Waals surface area (Å²) < 4.78 is 3.85. The minimum absolute atomic E-state index is 0.576. The maximum atomic E-state index is 6.48. The van der Waals surface area contributed by atoms with Crippen molar-refractivity contribution in [3.63, 3.8) is 0 Å². The molecule has 6 nitrogen and oxygen atoms in total. The average Bonchev–Trinajstić information content (AvgIpc) is 3.31. The van der Waals surface area contributed by atoms with Gasteiger partial charge in [0.2, 0.25) is 0 Å². The van der Waals surface area contributed by atoms with Gasteiger partial charge < -0.3 is 9.30 Å². The molecule has 0 spiro atoms. The smallest absolute Gasteiger partial charge is 0.147 e. The van der Waals surface area contributed by atoms with Gasteiger partial charge in [0.1, 0.15) is 11.5 Å². The lowest BCUT2D eigenvalue weighted by atomic mass is 10.1. The number of benzene rings is 1. The molecule has 5 aromatic rings. The largest absolute Gasteiger partial charge is 0.362 e. The summed E-state index contributed by atoms with van der Waals surface area (Å²) in [4.78, 5) is 11.9. The van der Waals surface area contributed by atoms with Crippen LogP contribution in [0.25, 0.3) is 38.9 Å². The zero-order valence-corrected chi connectivity index (χ0v) is 19.1. The van der Waals surface area contributed by atoms with Crippen LogP contribution in [0.15, 0.2) is 48.9 Å². The van der Waals surface area contributed by atoms with E-state index in [0.29, 0.717) is 10.0 Å². The maximum Gasteiger partial charge on any atom is 0.147 e. The Balaban J connectivity index is 1.84. The summed E-state index contributed by atoms with van der Waals surface area (Å²) >= 11 is 13.0. The van der Waals surface area contributed by atoms with Gasteiger partial charge in [0.05, 0.1) is 27.5 Å². The van der Waals surface area contributed by atoms with E-state index >= 15 is 0 Å². The topological polar surface area (TPSA) is 51.2 Å². The molecule has 0 atom stereocenters. The third-order valence-electron chi connectivity index (χ3n) is 5.44. The Morgan fingerprint density at radius 3 is 2.42 bits per heavy atom. The fourth-order valence-corrected chi connectivity index (χ4v) is 4.51. The molecule has 0 aliphatic carbocycles. The van der Waals surface area contributed by atoms with Crippen LogP contribution in [0.1, 0.15) is 5.69 Å². The van der Waals surface area contributed by atoms with Crippen molar-refractivity contribution < 1.29 is 0 Å². The van der Waals surface area contributed by atoms with Crippen molar-refractivity contribution in [1.29, 1.82) is 0 Å². The summed E-state index contributed by atoms with van der Waals surface area (Å²) in [5, 5.41) is 6.43. The third kappa shape index (κ3) is 3.14. The van der Waals surface area contributed by atoms with Crippen LogP contribution < -0.4 is 4.90 Å². The minimum Gasteiger partial charge on any atom is -0.362 e. The number of aromatic nitrogens is 5. The third-order valence-corrected chi connectivity index (χ3v) is 6.07. The molecule has 0 aliphatic heterocycles. The van der Waals surface area contributed by atoms with Gasteiger partial charge in [0.25, 0.3) is 0 Å². The predicted octanol–water partition coefficient (Wildman–Crippen LogP) is 5.63. The first-order chi connectivity index (χ1) is 14.8. The molecule has 0 saturated heterocycles. The second-order valence-corrected chi connectivity index (χ2v) is 8.56. The number of hydrogen-bond acceptors (Lipinski definition) is 4. The molecule has 0 N–H and O–H groups in total. The first-order valence-electron chi connectivity index (χ1n) is 9.78. The van der Waals surface area contributed by atoms with E-state index in [9.17, 15) is 0 Å². The predicted molar refractivity (Wildman–Crippen MR) is 127 cm³/mol. The van der Waals surface area contributed by atoms with Gasteiger partial charge in [-0.15, -0.1) is 0 Å². The normalized spacial score (nSPS) is 11.5. The molecule has 1 aromatic carbocycles. The van der Waals surface area contributed by atoms with Crippen molar-refractivity contribution in [1.82, 2.24) is 24.1 Å². The van der Waals surface area contributed by atoms with E-state index in [1.165, 1.54) is 0 Å². The van der Waals surface area contributed by atoms with Gasteiger partial charge in [0, 0.05) is 61.3 Å². The lowest BCUT2D eigenvalue weighted by Gasteiger charge is -2.17. The molecule has 8 heteroatoms. The molecule has 0 fully saturated rings. The summed E-state index contributed by atoms with van der Waals surface area (Å²) in [6.07, 6.45) is 5.83. The van der Waals surface area contributed by atoms with Crippen molar-refractivity contribution in [3.05, 3.63) is 64.7 Å². The van der Waals surface area contributed by atoms with Gasteiger partial charge in [-0.25, -0.2) is 9.97 Å². The van der Waals surface area contributed by atoms with Gasteiger partial charge in [0.15, 0.2) is 0 Å². The highest BCUT2D eigenvalue weighted by Crippen LogP contribution is 2.38. The Morgan fingerprint density at radius 2 is 1.77 bits per heavy atom. The number of nitrogens with zero attached hydrogens (tertiary/aromatic N) is 6. The molecule has 31 heavy (non-hydrogen) atoms. The maximum absolute atomic E-state index is 6.48. The van der Waals surface area contributed by atoms with E-state index in [-0.39, 0.29) is 0 Å². The van der Waals surface area contributed by atoms with Crippen molar-refractivity contribution in [2.24, 2.45) is 7.05 Å². The Labute approximate surface area is 189 Å². The van der Waals surface area contributed by atoms with Crippen LogP contribution in [-0.4, -0.2) is 38.2 Å². The fourth-order valence-electron chi connectivity index (χ4n) is 3.93. The Morgan fingerprint density at radius 1 is 1.03 bits per heavy atom. The van der Waals surface area contributed by atoms with Crippen molar-refractivity contribution >= 4 is 45.6 Å². The molecule has 4 aromatic heterocycles. The summed E-state index contributed by atoms with van der Waals surface area (Å²) in [6, 6.07) is 9.64. The van der Waals surface area contributed by atoms with E-state index in [4.69, 9.17) is 33.2 Å². The molecule has 0 aliphatic rings. The Bertz CT molecular complexity index is 1440. The monoisotopic (exact) mass is 450 g/mol. The average molecular weight is 451 g/mol. The lowest BCUT2D eigenvalue weighted by molar-refractivity contribution is 0.768. The zero-order valence-electron chi connectivity index (χ0n) is 17.6. The van der Waals surface area contributed by atoms with Crippen molar-refractivity contribution in [3.8, 4) is 22.4 Å². The molecule has 0 unspecified atom stereocenters. The van der Waals surface area contributed by atoms with Gasteiger partial charge in [-0.05, 0) is 31.2 Å². The van der Waals surface area contributed by atoms with E-state index in [2.05, 4.69) is 15.6 Å². The molecule has 0 radical (unpaired) electrons. The second-order valence-electron chi connectivity index (χ2n) is 7.74. The molecule has 0 saturated carbocycles. The Kier molecular flexibility index (Phi) is 4.64. The van der Waals surface area contributed by atoms with Crippen molar-refractivity contribution in [2.45, 2.75) is 6.92 Å².